The van der Waals surface area contributed by atoms with Crippen LogP contribution >= 0.6 is 0 Å². The lowest BCUT2D eigenvalue weighted by Gasteiger charge is -2.36. The van der Waals surface area contributed by atoms with Crippen LogP contribution in [0.1, 0.15) is 42.0 Å². The Morgan fingerprint density at radius 2 is 2.10 bits per heavy atom. The largest absolute Gasteiger partial charge is 0.463 e. The average Bonchev–Trinajstić information content (AvgIpc) is 2.45. The summed E-state index contributed by atoms with van der Waals surface area (Å²) in [5, 5.41) is 10.1. The summed E-state index contributed by atoms with van der Waals surface area (Å²) in [5.74, 6) is 0.149. The van der Waals surface area contributed by atoms with Crippen molar-refractivity contribution in [3.05, 3.63) is 17.6 Å². The molecule has 2 unspecified atom stereocenters. The van der Waals surface area contributed by atoms with E-state index >= 15 is 0 Å². The SMILES string of the molecule is COC(=O)c1nc(C)cc(N(C)C2CCCCC2O)n1. The number of aryl methyl sites for hydroxylation is 1. The summed E-state index contributed by atoms with van der Waals surface area (Å²) in [5.41, 5.74) is 0.701. The highest BCUT2D eigenvalue weighted by Crippen LogP contribution is 2.25. The van der Waals surface area contributed by atoms with Crippen LogP contribution in [-0.4, -0.2) is 47.3 Å². The van der Waals surface area contributed by atoms with Gasteiger partial charge in [0.1, 0.15) is 5.82 Å². The third-order valence-electron chi connectivity index (χ3n) is 3.76. The first kappa shape index (κ1) is 14.7. The maximum atomic E-state index is 11.6. The molecule has 6 nitrogen and oxygen atoms in total. The predicted octanol–water partition coefficient (Wildman–Crippen LogP) is 1.31. The van der Waals surface area contributed by atoms with Crippen LogP contribution in [0.5, 0.6) is 0 Å². The quantitative estimate of drug-likeness (QED) is 0.841. The van der Waals surface area contributed by atoms with E-state index in [2.05, 4.69) is 14.7 Å². The molecule has 0 amide bonds. The van der Waals surface area contributed by atoms with Crippen molar-refractivity contribution in [2.45, 2.75) is 44.8 Å². The second-order valence-corrected chi connectivity index (χ2v) is 5.21. The lowest BCUT2D eigenvalue weighted by molar-refractivity contribution is 0.0586. The van der Waals surface area contributed by atoms with Gasteiger partial charge in [-0.25, -0.2) is 14.8 Å². The van der Waals surface area contributed by atoms with Crippen molar-refractivity contribution >= 4 is 11.8 Å². The number of rotatable bonds is 3. The summed E-state index contributed by atoms with van der Waals surface area (Å²) in [7, 11) is 3.20. The number of aliphatic hydroxyl groups excluding tert-OH is 1. The van der Waals surface area contributed by atoms with Gasteiger partial charge in [0.05, 0.1) is 19.3 Å². The van der Waals surface area contributed by atoms with E-state index < -0.39 is 5.97 Å². The molecule has 0 saturated heterocycles. The van der Waals surface area contributed by atoms with E-state index in [0.717, 1.165) is 25.7 Å². The van der Waals surface area contributed by atoms with Gasteiger partial charge in [0.2, 0.25) is 5.82 Å². The van der Waals surface area contributed by atoms with Gasteiger partial charge in [0.25, 0.3) is 0 Å². The van der Waals surface area contributed by atoms with Crippen LogP contribution in [-0.2, 0) is 4.74 Å². The lowest BCUT2D eigenvalue weighted by Crippen LogP contribution is -2.44. The molecule has 6 heteroatoms. The van der Waals surface area contributed by atoms with E-state index in [1.807, 2.05) is 24.9 Å². The normalized spacial score (nSPS) is 22.4. The third-order valence-corrected chi connectivity index (χ3v) is 3.76. The fraction of sp³-hybridized carbons (Fsp3) is 0.643. The first-order valence-electron chi connectivity index (χ1n) is 6.88. The number of methoxy groups -OCH3 is 1. The number of aliphatic hydroxyl groups is 1. The fourth-order valence-corrected chi connectivity index (χ4v) is 2.63. The Balaban J connectivity index is 2.26. The molecule has 1 fully saturated rings. The second-order valence-electron chi connectivity index (χ2n) is 5.21. The van der Waals surface area contributed by atoms with Crippen molar-refractivity contribution in [3.63, 3.8) is 0 Å². The first-order chi connectivity index (χ1) is 9.52. The zero-order chi connectivity index (χ0) is 14.7. The molecule has 110 valence electrons. The molecule has 1 aliphatic rings. The molecule has 20 heavy (non-hydrogen) atoms. The third kappa shape index (κ3) is 3.07. The predicted molar refractivity (Wildman–Crippen MR) is 74.8 cm³/mol. The van der Waals surface area contributed by atoms with Crippen LogP contribution in [0, 0.1) is 6.92 Å². The number of nitrogens with zero attached hydrogens (tertiary/aromatic N) is 3. The van der Waals surface area contributed by atoms with Gasteiger partial charge in [0.15, 0.2) is 0 Å². The smallest absolute Gasteiger partial charge is 0.376 e. The molecule has 0 aliphatic heterocycles. The maximum absolute atomic E-state index is 11.6. The zero-order valence-corrected chi connectivity index (χ0v) is 12.2. The van der Waals surface area contributed by atoms with E-state index in [-0.39, 0.29) is 18.0 Å². The van der Waals surface area contributed by atoms with E-state index in [1.165, 1.54) is 7.11 Å². The van der Waals surface area contributed by atoms with Crippen molar-refractivity contribution in [1.82, 2.24) is 9.97 Å². The topological polar surface area (TPSA) is 75.5 Å². The average molecular weight is 279 g/mol. The number of hydrogen-bond acceptors (Lipinski definition) is 6. The summed E-state index contributed by atoms with van der Waals surface area (Å²) in [4.78, 5) is 21.8. The molecule has 0 radical (unpaired) electrons. The summed E-state index contributed by atoms with van der Waals surface area (Å²) < 4.78 is 4.66. The summed E-state index contributed by atoms with van der Waals surface area (Å²) in [6.07, 6.45) is 3.53. The molecule has 1 aliphatic carbocycles. The number of anilines is 1. The maximum Gasteiger partial charge on any atom is 0.376 e. The van der Waals surface area contributed by atoms with Gasteiger partial charge in [0, 0.05) is 18.8 Å². The lowest BCUT2D eigenvalue weighted by atomic mass is 9.91. The van der Waals surface area contributed by atoms with Crippen LogP contribution in [0.3, 0.4) is 0 Å². The van der Waals surface area contributed by atoms with Crippen molar-refractivity contribution in [1.29, 1.82) is 0 Å². The minimum Gasteiger partial charge on any atom is -0.463 e. The number of esters is 1. The highest BCUT2D eigenvalue weighted by molar-refractivity contribution is 5.85. The van der Waals surface area contributed by atoms with Gasteiger partial charge in [-0.1, -0.05) is 12.8 Å². The minimum atomic E-state index is -0.549. The van der Waals surface area contributed by atoms with Crippen LogP contribution in [0.2, 0.25) is 0 Å². The molecule has 1 N–H and O–H groups in total. The Hall–Kier alpha value is -1.69. The molecule has 2 rings (SSSR count). The highest BCUT2D eigenvalue weighted by Gasteiger charge is 2.28. The van der Waals surface area contributed by atoms with Gasteiger partial charge in [-0.15, -0.1) is 0 Å². The Morgan fingerprint density at radius 3 is 2.75 bits per heavy atom. The van der Waals surface area contributed by atoms with E-state index in [4.69, 9.17) is 0 Å². The van der Waals surface area contributed by atoms with Crippen LogP contribution in [0.15, 0.2) is 6.07 Å². The molecule has 1 aromatic heterocycles. The van der Waals surface area contributed by atoms with E-state index in [9.17, 15) is 9.90 Å². The van der Waals surface area contributed by atoms with Gasteiger partial charge < -0.3 is 14.7 Å². The summed E-state index contributed by atoms with van der Waals surface area (Å²) in [6, 6.07) is 1.84. The van der Waals surface area contributed by atoms with Crippen LogP contribution < -0.4 is 4.90 Å². The van der Waals surface area contributed by atoms with Crippen molar-refractivity contribution in [2.24, 2.45) is 0 Å². The molecule has 1 aromatic rings. The van der Waals surface area contributed by atoms with E-state index in [0.29, 0.717) is 11.5 Å². The van der Waals surface area contributed by atoms with Gasteiger partial charge in [-0.3, -0.25) is 0 Å². The molecule has 0 aromatic carbocycles. The Bertz CT molecular complexity index is 493. The Morgan fingerprint density at radius 1 is 1.40 bits per heavy atom. The molecular weight excluding hydrogens is 258 g/mol. The molecule has 0 bridgehead atoms. The monoisotopic (exact) mass is 279 g/mol. The number of carbonyl (C=O) groups is 1. The number of aromatic nitrogens is 2. The number of carbonyl (C=O) groups excluding carboxylic acids is 1. The number of ether oxygens (including phenoxy) is 1. The van der Waals surface area contributed by atoms with E-state index in [1.54, 1.807) is 0 Å². The van der Waals surface area contributed by atoms with Gasteiger partial charge in [-0.2, -0.15) is 0 Å². The van der Waals surface area contributed by atoms with Gasteiger partial charge in [-0.05, 0) is 19.8 Å². The standard InChI is InChI=1S/C14H21N3O3/c1-9-8-12(16-13(15-9)14(19)20-3)17(2)10-6-4-5-7-11(10)18/h8,10-11,18H,4-7H2,1-3H3. The zero-order valence-electron chi connectivity index (χ0n) is 12.2. The number of hydrogen-bond donors (Lipinski definition) is 1. The van der Waals surface area contributed by atoms with Crippen molar-refractivity contribution in [2.75, 3.05) is 19.1 Å². The summed E-state index contributed by atoms with van der Waals surface area (Å²) >= 11 is 0. The highest BCUT2D eigenvalue weighted by atomic mass is 16.5. The van der Waals surface area contributed by atoms with Crippen LogP contribution in [0.4, 0.5) is 5.82 Å². The summed E-state index contributed by atoms with van der Waals surface area (Å²) in [6.45, 7) is 1.81. The van der Waals surface area contributed by atoms with Crippen LogP contribution in [0.25, 0.3) is 0 Å². The first-order valence-corrected chi connectivity index (χ1v) is 6.88. The number of likely N-dealkylation sites (N-methyl/N-ethyl adjacent to an activating group) is 1. The van der Waals surface area contributed by atoms with Crippen molar-refractivity contribution < 1.29 is 14.6 Å². The molecule has 1 saturated carbocycles. The minimum absolute atomic E-state index is 0.0311. The second kappa shape index (κ2) is 6.17. The molecular formula is C14H21N3O3. The van der Waals surface area contributed by atoms with Crippen molar-refractivity contribution in [3.8, 4) is 0 Å². The molecule has 0 spiro atoms. The molecule has 2 atom stereocenters. The fourth-order valence-electron chi connectivity index (χ4n) is 2.63. The Labute approximate surface area is 118 Å². The molecule has 1 heterocycles. The Kier molecular flexibility index (Phi) is 4.54. The van der Waals surface area contributed by atoms with Gasteiger partial charge >= 0.3 is 5.97 Å².